The van der Waals surface area contributed by atoms with E-state index in [-0.39, 0.29) is 26.4 Å². The Bertz CT molecular complexity index is 311. The summed E-state index contributed by atoms with van der Waals surface area (Å²) in [5.41, 5.74) is 0. The number of rotatable bonds is 6. The average Bonchev–Trinajstić information content (AvgIpc) is 2.28. The molecule has 0 radical (unpaired) electrons. The highest BCUT2D eigenvalue weighted by atomic mass is 79.9. The molecule has 0 bridgehead atoms. The molecule has 0 saturated carbocycles. The predicted molar refractivity (Wildman–Crippen MR) is 67.0 cm³/mol. The second-order valence-corrected chi connectivity index (χ2v) is 4.57. The highest BCUT2D eigenvalue weighted by Crippen LogP contribution is 2.36. The van der Waals surface area contributed by atoms with Crippen molar-refractivity contribution in [2.24, 2.45) is 0 Å². The molecule has 0 atom stereocenters. The zero-order valence-corrected chi connectivity index (χ0v) is 11.6. The molecule has 2 N–H and O–H groups in total. The fraction of sp³-hybridized carbons (Fsp3) is 0.400. The Hall–Kier alpha value is -0.300. The Kier molecular flexibility index (Phi) is 6.12. The first-order valence-corrected chi connectivity index (χ1v) is 6.24. The van der Waals surface area contributed by atoms with Crippen molar-refractivity contribution in [1.82, 2.24) is 0 Å². The Morgan fingerprint density at radius 1 is 0.875 bits per heavy atom. The van der Waals surface area contributed by atoms with Crippen molar-refractivity contribution in [3.05, 3.63) is 21.1 Å². The van der Waals surface area contributed by atoms with E-state index in [0.29, 0.717) is 11.5 Å². The summed E-state index contributed by atoms with van der Waals surface area (Å²) in [4.78, 5) is 0. The quantitative estimate of drug-likeness (QED) is 0.818. The molecule has 1 aromatic carbocycles. The maximum absolute atomic E-state index is 8.69. The Labute approximate surface area is 110 Å². The van der Waals surface area contributed by atoms with Gasteiger partial charge in [0.05, 0.1) is 13.2 Å². The molecule has 0 amide bonds. The van der Waals surface area contributed by atoms with Gasteiger partial charge < -0.3 is 19.7 Å². The number of aliphatic hydroxyl groups is 2. The van der Waals surface area contributed by atoms with Crippen molar-refractivity contribution >= 4 is 31.9 Å². The molecule has 16 heavy (non-hydrogen) atoms. The largest absolute Gasteiger partial charge is 0.487 e. The molecule has 0 unspecified atom stereocenters. The average molecular weight is 356 g/mol. The zero-order chi connectivity index (χ0) is 12.0. The third kappa shape index (κ3) is 3.93. The third-order valence-corrected chi connectivity index (χ3v) is 3.53. The van der Waals surface area contributed by atoms with Crippen LogP contribution in [0.2, 0.25) is 0 Å². The lowest BCUT2D eigenvalue weighted by Gasteiger charge is -2.12. The van der Waals surface area contributed by atoms with E-state index in [9.17, 15) is 0 Å². The second kappa shape index (κ2) is 7.11. The standard InChI is InChI=1S/C10H12Br2O4/c11-7-5-9(15-3-1-13)10(6-8(7)12)16-4-2-14/h5-6,13-14H,1-4H2. The van der Waals surface area contributed by atoms with Gasteiger partial charge in [0.2, 0.25) is 0 Å². The van der Waals surface area contributed by atoms with Gasteiger partial charge in [-0.3, -0.25) is 0 Å². The minimum Gasteiger partial charge on any atom is -0.487 e. The molecule has 0 aliphatic heterocycles. The van der Waals surface area contributed by atoms with Crippen LogP contribution < -0.4 is 9.47 Å². The van der Waals surface area contributed by atoms with E-state index in [4.69, 9.17) is 19.7 Å². The van der Waals surface area contributed by atoms with Crippen LogP contribution in [0.4, 0.5) is 0 Å². The van der Waals surface area contributed by atoms with Gasteiger partial charge in [-0.15, -0.1) is 0 Å². The fourth-order valence-electron chi connectivity index (χ4n) is 1.05. The molecule has 1 aromatic rings. The van der Waals surface area contributed by atoms with E-state index in [1.54, 1.807) is 12.1 Å². The number of aliphatic hydroxyl groups excluding tert-OH is 2. The summed E-state index contributed by atoms with van der Waals surface area (Å²) < 4.78 is 12.3. The van der Waals surface area contributed by atoms with Crippen molar-refractivity contribution in [2.45, 2.75) is 0 Å². The molecular formula is C10H12Br2O4. The van der Waals surface area contributed by atoms with Gasteiger partial charge in [-0.25, -0.2) is 0 Å². The molecule has 4 nitrogen and oxygen atoms in total. The van der Waals surface area contributed by atoms with Gasteiger partial charge in [-0.1, -0.05) is 0 Å². The molecule has 0 aliphatic carbocycles. The minimum atomic E-state index is -0.0624. The number of hydrogen-bond donors (Lipinski definition) is 2. The number of benzene rings is 1. The van der Waals surface area contributed by atoms with Crippen LogP contribution in [0, 0.1) is 0 Å². The first-order valence-electron chi connectivity index (χ1n) is 4.65. The SMILES string of the molecule is OCCOc1cc(Br)c(Br)cc1OCCO. The Morgan fingerprint density at radius 3 is 1.56 bits per heavy atom. The van der Waals surface area contributed by atoms with Crippen LogP contribution in [0.1, 0.15) is 0 Å². The Morgan fingerprint density at radius 2 is 1.25 bits per heavy atom. The fourth-order valence-corrected chi connectivity index (χ4v) is 1.69. The molecule has 6 heteroatoms. The summed E-state index contributed by atoms with van der Waals surface area (Å²) in [6.45, 7) is 0.271. The van der Waals surface area contributed by atoms with E-state index >= 15 is 0 Å². The van der Waals surface area contributed by atoms with Crippen LogP contribution in [-0.2, 0) is 0 Å². The molecule has 0 aliphatic rings. The van der Waals surface area contributed by atoms with Crippen LogP contribution in [-0.4, -0.2) is 36.6 Å². The molecular weight excluding hydrogens is 344 g/mol. The summed E-state index contributed by atoms with van der Waals surface area (Å²) >= 11 is 6.69. The normalized spacial score (nSPS) is 10.2. The van der Waals surface area contributed by atoms with Crippen molar-refractivity contribution in [3.63, 3.8) is 0 Å². The Balaban J connectivity index is 2.87. The lowest BCUT2D eigenvalue weighted by molar-refractivity contribution is 0.178. The maximum Gasteiger partial charge on any atom is 0.162 e. The van der Waals surface area contributed by atoms with E-state index in [1.807, 2.05) is 0 Å². The van der Waals surface area contributed by atoms with Gasteiger partial charge >= 0.3 is 0 Å². The van der Waals surface area contributed by atoms with Crippen molar-refractivity contribution in [1.29, 1.82) is 0 Å². The van der Waals surface area contributed by atoms with Crippen molar-refractivity contribution in [2.75, 3.05) is 26.4 Å². The predicted octanol–water partition coefficient (Wildman–Crippen LogP) is 1.95. The molecule has 0 spiro atoms. The summed E-state index contributed by atoms with van der Waals surface area (Å²) in [6, 6.07) is 3.49. The molecule has 0 aromatic heterocycles. The van der Waals surface area contributed by atoms with Crippen molar-refractivity contribution in [3.8, 4) is 11.5 Å². The van der Waals surface area contributed by atoms with Crippen LogP contribution in [0.25, 0.3) is 0 Å². The van der Waals surface area contributed by atoms with Gasteiger partial charge in [0, 0.05) is 8.95 Å². The molecule has 0 heterocycles. The second-order valence-electron chi connectivity index (χ2n) is 2.86. The first kappa shape index (κ1) is 13.8. The molecule has 1 rings (SSSR count). The lowest BCUT2D eigenvalue weighted by Crippen LogP contribution is -2.06. The number of hydrogen-bond acceptors (Lipinski definition) is 4. The number of halogens is 2. The van der Waals surface area contributed by atoms with Crippen LogP contribution in [0.3, 0.4) is 0 Å². The van der Waals surface area contributed by atoms with Gasteiger partial charge in [-0.05, 0) is 44.0 Å². The molecule has 90 valence electrons. The van der Waals surface area contributed by atoms with Crippen LogP contribution in [0.15, 0.2) is 21.1 Å². The summed E-state index contributed by atoms with van der Waals surface area (Å²) in [5, 5.41) is 17.4. The minimum absolute atomic E-state index is 0.0624. The zero-order valence-electron chi connectivity index (χ0n) is 8.45. The monoisotopic (exact) mass is 354 g/mol. The smallest absolute Gasteiger partial charge is 0.162 e. The van der Waals surface area contributed by atoms with Gasteiger partial charge in [0.1, 0.15) is 13.2 Å². The number of ether oxygens (including phenoxy) is 2. The lowest BCUT2D eigenvalue weighted by atomic mass is 10.3. The van der Waals surface area contributed by atoms with E-state index in [2.05, 4.69) is 31.9 Å². The maximum atomic E-state index is 8.69. The van der Waals surface area contributed by atoms with E-state index < -0.39 is 0 Å². The van der Waals surface area contributed by atoms with Crippen LogP contribution in [0.5, 0.6) is 11.5 Å². The van der Waals surface area contributed by atoms with E-state index in [1.165, 1.54) is 0 Å². The highest BCUT2D eigenvalue weighted by molar-refractivity contribution is 9.13. The van der Waals surface area contributed by atoms with E-state index in [0.717, 1.165) is 8.95 Å². The first-order chi connectivity index (χ1) is 7.69. The molecule has 0 saturated heterocycles. The van der Waals surface area contributed by atoms with Gasteiger partial charge in [-0.2, -0.15) is 0 Å². The highest BCUT2D eigenvalue weighted by Gasteiger charge is 2.09. The summed E-state index contributed by atoms with van der Waals surface area (Å²) in [6.07, 6.45) is 0. The third-order valence-electron chi connectivity index (χ3n) is 1.68. The summed E-state index contributed by atoms with van der Waals surface area (Å²) in [5.74, 6) is 1.05. The molecule has 0 fully saturated rings. The van der Waals surface area contributed by atoms with Gasteiger partial charge in [0.15, 0.2) is 11.5 Å². The van der Waals surface area contributed by atoms with Crippen LogP contribution >= 0.6 is 31.9 Å². The topological polar surface area (TPSA) is 58.9 Å². The summed E-state index contributed by atoms with van der Waals surface area (Å²) in [7, 11) is 0. The van der Waals surface area contributed by atoms with Crippen molar-refractivity contribution < 1.29 is 19.7 Å². The van der Waals surface area contributed by atoms with Gasteiger partial charge in [0.25, 0.3) is 0 Å².